The Morgan fingerprint density at radius 3 is 2.81 bits per heavy atom. The van der Waals surface area contributed by atoms with Crippen molar-refractivity contribution in [1.82, 2.24) is 14.9 Å². The molecule has 1 aliphatic heterocycles. The van der Waals surface area contributed by atoms with Crippen molar-refractivity contribution in [2.45, 2.75) is 38.3 Å². The Kier molecular flexibility index (Phi) is 4.05. The molecule has 0 amide bonds. The molecule has 5 heteroatoms. The van der Waals surface area contributed by atoms with Gasteiger partial charge < -0.3 is 4.98 Å². The van der Waals surface area contributed by atoms with Gasteiger partial charge in [-0.1, -0.05) is 18.2 Å². The van der Waals surface area contributed by atoms with E-state index < -0.39 is 0 Å². The number of rotatable bonds is 2. The fraction of sp³-hybridized carbons (Fsp3) is 0.318. The summed E-state index contributed by atoms with van der Waals surface area (Å²) < 4.78 is 27.7. The average molecular weight is 365 g/mol. The maximum absolute atomic E-state index is 14.1. The van der Waals surface area contributed by atoms with Gasteiger partial charge in [0.25, 0.3) is 0 Å². The van der Waals surface area contributed by atoms with Gasteiger partial charge in [-0.15, -0.1) is 0 Å². The summed E-state index contributed by atoms with van der Waals surface area (Å²) >= 11 is 0. The predicted molar refractivity (Wildman–Crippen MR) is 100 cm³/mol. The van der Waals surface area contributed by atoms with Crippen molar-refractivity contribution in [1.29, 1.82) is 0 Å². The number of aryl methyl sites for hydroxylation is 1. The van der Waals surface area contributed by atoms with Gasteiger partial charge in [-0.2, -0.15) is 0 Å². The zero-order valence-corrected chi connectivity index (χ0v) is 15.0. The van der Waals surface area contributed by atoms with Crippen molar-refractivity contribution in [2.24, 2.45) is 0 Å². The molecule has 1 unspecified atom stereocenters. The molecule has 5 rings (SSSR count). The van der Waals surface area contributed by atoms with E-state index in [9.17, 15) is 8.78 Å². The van der Waals surface area contributed by atoms with Gasteiger partial charge in [-0.3, -0.25) is 4.90 Å². The van der Waals surface area contributed by atoms with Crippen molar-refractivity contribution in [3.05, 3.63) is 76.6 Å². The highest BCUT2D eigenvalue weighted by Gasteiger charge is 2.29. The number of hydrogen-bond donors (Lipinski definition) is 1. The van der Waals surface area contributed by atoms with Crippen molar-refractivity contribution in [3.8, 4) is 11.4 Å². The number of nitrogens with zero attached hydrogens (tertiary/aromatic N) is 2. The first-order chi connectivity index (χ1) is 13.2. The molecule has 3 aromatic rings. The Morgan fingerprint density at radius 2 is 1.93 bits per heavy atom. The number of benzene rings is 2. The van der Waals surface area contributed by atoms with Crippen LogP contribution in [0.25, 0.3) is 11.4 Å². The van der Waals surface area contributed by atoms with Gasteiger partial charge in [0.1, 0.15) is 17.5 Å². The zero-order valence-electron chi connectivity index (χ0n) is 15.0. The van der Waals surface area contributed by atoms with Gasteiger partial charge >= 0.3 is 0 Å². The molecule has 27 heavy (non-hydrogen) atoms. The van der Waals surface area contributed by atoms with Crippen LogP contribution >= 0.6 is 0 Å². The van der Waals surface area contributed by atoms with Crippen molar-refractivity contribution in [3.63, 3.8) is 0 Å². The van der Waals surface area contributed by atoms with Crippen LogP contribution < -0.4 is 0 Å². The Labute approximate surface area is 157 Å². The Morgan fingerprint density at radius 1 is 1.04 bits per heavy atom. The minimum Gasteiger partial charge on any atom is -0.340 e. The molecule has 1 N–H and O–H groups in total. The SMILES string of the molecule is Fc1ccc2c(c1)CC(N1CCc3nc(-c4ccccc4F)[nH]c3C1)CC2. The third-order valence-electron chi connectivity index (χ3n) is 5.88. The lowest BCUT2D eigenvalue weighted by Crippen LogP contribution is -2.42. The number of aromatic nitrogens is 2. The van der Waals surface area contributed by atoms with Crippen LogP contribution in [0, 0.1) is 11.6 Å². The quantitative estimate of drug-likeness (QED) is 0.735. The van der Waals surface area contributed by atoms with Crippen LogP contribution in [-0.2, 0) is 25.8 Å². The molecule has 2 aromatic carbocycles. The van der Waals surface area contributed by atoms with Crippen LogP contribution in [0.4, 0.5) is 8.78 Å². The van der Waals surface area contributed by atoms with E-state index >= 15 is 0 Å². The maximum atomic E-state index is 14.1. The molecule has 0 radical (unpaired) electrons. The van der Waals surface area contributed by atoms with E-state index in [2.05, 4.69) is 14.9 Å². The second kappa shape index (κ2) is 6.57. The fourth-order valence-electron chi connectivity index (χ4n) is 4.43. The van der Waals surface area contributed by atoms with Crippen LogP contribution in [0.2, 0.25) is 0 Å². The maximum Gasteiger partial charge on any atom is 0.140 e. The van der Waals surface area contributed by atoms with E-state index in [0.29, 0.717) is 17.4 Å². The standard InChI is InChI=1S/C22H21F2N3/c23-16-7-5-14-6-8-17(12-15(14)11-16)27-10-9-20-21(13-27)26-22(25-20)18-3-1-2-4-19(18)24/h1-5,7,11,17H,6,8-10,12-13H2,(H,25,26). The molecule has 2 heterocycles. The predicted octanol–water partition coefficient (Wildman–Crippen LogP) is 4.27. The molecule has 138 valence electrons. The topological polar surface area (TPSA) is 31.9 Å². The molecule has 2 aliphatic rings. The summed E-state index contributed by atoms with van der Waals surface area (Å²) in [4.78, 5) is 10.4. The molecule has 0 spiro atoms. The third-order valence-corrected chi connectivity index (χ3v) is 5.88. The summed E-state index contributed by atoms with van der Waals surface area (Å²) in [7, 11) is 0. The van der Waals surface area contributed by atoms with Crippen molar-refractivity contribution in [2.75, 3.05) is 6.54 Å². The first-order valence-corrected chi connectivity index (χ1v) is 9.51. The van der Waals surface area contributed by atoms with Crippen LogP contribution in [-0.4, -0.2) is 27.5 Å². The summed E-state index contributed by atoms with van der Waals surface area (Å²) in [5, 5.41) is 0. The fourth-order valence-corrected chi connectivity index (χ4v) is 4.43. The molecular formula is C22H21F2N3. The Balaban J connectivity index is 1.37. The number of H-pyrrole nitrogens is 1. The van der Waals surface area contributed by atoms with E-state index in [-0.39, 0.29) is 11.6 Å². The van der Waals surface area contributed by atoms with Gasteiger partial charge in [0.15, 0.2) is 0 Å². The Bertz CT molecular complexity index is 995. The van der Waals surface area contributed by atoms with E-state index in [1.165, 1.54) is 11.6 Å². The summed E-state index contributed by atoms with van der Waals surface area (Å²) in [6.07, 6.45) is 3.82. The van der Waals surface area contributed by atoms with Crippen molar-refractivity contribution >= 4 is 0 Å². The minimum absolute atomic E-state index is 0.154. The summed E-state index contributed by atoms with van der Waals surface area (Å²) in [5.74, 6) is 0.195. The van der Waals surface area contributed by atoms with Gasteiger partial charge in [-0.05, 0) is 54.7 Å². The number of fused-ring (bicyclic) bond motifs is 2. The number of aromatic amines is 1. The van der Waals surface area contributed by atoms with Crippen LogP contribution in [0.5, 0.6) is 0 Å². The molecule has 0 fully saturated rings. The van der Waals surface area contributed by atoms with Gasteiger partial charge in [-0.25, -0.2) is 13.8 Å². The molecular weight excluding hydrogens is 344 g/mol. The molecule has 1 aromatic heterocycles. The zero-order chi connectivity index (χ0) is 18.4. The normalized spacial score (nSPS) is 19.6. The largest absolute Gasteiger partial charge is 0.340 e. The van der Waals surface area contributed by atoms with Crippen LogP contribution in [0.1, 0.15) is 28.9 Å². The second-order valence-corrected chi connectivity index (χ2v) is 7.52. The molecule has 0 saturated carbocycles. The van der Waals surface area contributed by atoms with Gasteiger partial charge in [0.2, 0.25) is 0 Å². The summed E-state index contributed by atoms with van der Waals surface area (Å²) in [6.45, 7) is 1.72. The monoisotopic (exact) mass is 365 g/mol. The molecule has 0 saturated heterocycles. The van der Waals surface area contributed by atoms with E-state index in [1.807, 2.05) is 12.1 Å². The second-order valence-electron chi connectivity index (χ2n) is 7.52. The average Bonchev–Trinajstić information content (AvgIpc) is 3.10. The summed E-state index contributed by atoms with van der Waals surface area (Å²) in [6, 6.07) is 12.3. The van der Waals surface area contributed by atoms with Crippen molar-refractivity contribution < 1.29 is 8.78 Å². The summed E-state index contributed by atoms with van der Waals surface area (Å²) in [5.41, 5.74) is 5.03. The lowest BCUT2D eigenvalue weighted by Gasteiger charge is -2.37. The minimum atomic E-state index is -0.258. The highest BCUT2D eigenvalue weighted by Crippen LogP contribution is 2.30. The van der Waals surface area contributed by atoms with Crippen LogP contribution in [0.15, 0.2) is 42.5 Å². The smallest absolute Gasteiger partial charge is 0.140 e. The lowest BCUT2D eigenvalue weighted by atomic mass is 9.87. The first kappa shape index (κ1) is 16.6. The Hall–Kier alpha value is -2.53. The number of hydrogen-bond acceptors (Lipinski definition) is 2. The van der Waals surface area contributed by atoms with E-state index in [1.54, 1.807) is 24.3 Å². The van der Waals surface area contributed by atoms with Gasteiger partial charge in [0.05, 0.1) is 17.0 Å². The number of halogens is 2. The first-order valence-electron chi connectivity index (χ1n) is 9.51. The lowest BCUT2D eigenvalue weighted by molar-refractivity contribution is 0.160. The molecule has 0 bridgehead atoms. The molecule has 1 aliphatic carbocycles. The highest BCUT2D eigenvalue weighted by atomic mass is 19.1. The van der Waals surface area contributed by atoms with Gasteiger partial charge in [0, 0.05) is 25.6 Å². The van der Waals surface area contributed by atoms with E-state index in [4.69, 9.17) is 0 Å². The number of nitrogens with one attached hydrogen (secondary N) is 1. The van der Waals surface area contributed by atoms with E-state index in [0.717, 1.165) is 55.7 Å². The highest BCUT2D eigenvalue weighted by molar-refractivity contribution is 5.57. The van der Waals surface area contributed by atoms with Crippen LogP contribution in [0.3, 0.4) is 0 Å². The molecule has 1 atom stereocenters. The number of imidazole rings is 1. The molecule has 3 nitrogen and oxygen atoms in total. The third kappa shape index (κ3) is 3.06.